The van der Waals surface area contributed by atoms with E-state index < -0.39 is 0 Å². The summed E-state index contributed by atoms with van der Waals surface area (Å²) in [5.74, 6) is 0.569. The van der Waals surface area contributed by atoms with Crippen molar-refractivity contribution >= 4 is 11.6 Å². The Morgan fingerprint density at radius 3 is 2.25 bits per heavy atom. The molecule has 2 rings (SSSR count). The molecular formula is C27H40N2O3. The first-order chi connectivity index (χ1) is 15.4. The second-order valence-electron chi connectivity index (χ2n) is 7.85. The number of aliphatic hydroxyl groups is 1. The third-order valence-corrected chi connectivity index (χ3v) is 5.32. The topological polar surface area (TPSA) is 60.9 Å². The number of likely N-dealkylation sites (tertiary alicyclic amines) is 1. The highest BCUT2D eigenvalue weighted by Crippen LogP contribution is 2.22. The summed E-state index contributed by atoms with van der Waals surface area (Å²) >= 11 is 0. The van der Waals surface area contributed by atoms with Gasteiger partial charge in [0.25, 0.3) is 0 Å². The molecule has 0 saturated carbocycles. The zero-order valence-electron chi connectivity index (χ0n) is 20.4. The van der Waals surface area contributed by atoms with E-state index in [1.54, 1.807) is 32.3 Å². The fraction of sp³-hybridized carbons (Fsp3) is 0.481. The van der Waals surface area contributed by atoms with Crippen molar-refractivity contribution in [3.63, 3.8) is 0 Å². The minimum absolute atomic E-state index is 0.00718. The largest absolute Gasteiger partial charge is 0.511 e. The smallest absolute Gasteiger partial charge is 0.166 e. The molecule has 0 amide bonds. The van der Waals surface area contributed by atoms with E-state index in [0.29, 0.717) is 12.1 Å². The number of Topliss-reactive ketones (excluding diaryl/α,β-unsaturated/α-hetero) is 2. The van der Waals surface area contributed by atoms with Crippen LogP contribution in [0.5, 0.6) is 0 Å². The lowest BCUT2D eigenvalue weighted by molar-refractivity contribution is -0.113. The van der Waals surface area contributed by atoms with Crippen molar-refractivity contribution < 1.29 is 14.7 Å². The maximum Gasteiger partial charge on any atom is 0.166 e. The Hall–Kier alpha value is -2.66. The fourth-order valence-corrected chi connectivity index (χ4v) is 3.75. The summed E-state index contributed by atoms with van der Waals surface area (Å²) in [6.07, 6.45) is 9.74. The van der Waals surface area contributed by atoms with Crippen LogP contribution in [0.25, 0.3) is 0 Å². The molecule has 1 aromatic rings. The Bertz CT molecular complexity index is 784. The average Bonchev–Trinajstić information content (AvgIpc) is 2.80. The molecule has 1 fully saturated rings. The van der Waals surface area contributed by atoms with Gasteiger partial charge in [-0.05, 0) is 59.7 Å². The molecule has 5 nitrogen and oxygen atoms in total. The normalized spacial score (nSPS) is 15.9. The standard InChI is InChI=1S/C25H34N2O3.C2H6/c1-4-9-24(21(3)29)19-27(18-20(2)28)15-8-14-26-16-12-23(13-17-26)25(30)22-10-6-5-7-11-22;1-2/h4-7,9-11,18-19,23,28H,8,12-17H2,1-3H3;1-2H3/b9-4+,20-18-,24-19+;. The predicted octanol–water partition coefficient (Wildman–Crippen LogP) is 5.77. The predicted molar refractivity (Wildman–Crippen MR) is 133 cm³/mol. The molecule has 1 saturated heterocycles. The van der Waals surface area contributed by atoms with Crippen LogP contribution >= 0.6 is 0 Å². The molecule has 0 radical (unpaired) electrons. The zero-order chi connectivity index (χ0) is 23.9. The molecule has 0 spiro atoms. The van der Waals surface area contributed by atoms with E-state index in [1.807, 2.05) is 62.1 Å². The lowest BCUT2D eigenvalue weighted by Crippen LogP contribution is -2.37. The van der Waals surface area contributed by atoms with E-state index in [-0.39, 0.29) is 23.2 Å². The van der Waals surface area contributed by atoms with E-state index in [0.717, 1.165) is 44.5 Å². The van der Waals surface area contributed by atoms with Gasteiger partial charge in [0.2, 0.25) is 0 Å². The van der Waals surface area contributed by atoms with Gasteiger partial charge in [-0.3, -0.25) is 9.59 Å². The molecule has 1 aliphatic rings. The van der Waals surface area contributed by atoms with Crippen LogP contribution < -0.4 is 0 Å². The van der Waals surface area contributed by atoms with Crippen LogP contribution in [0.3, 0.4) is 0 Å². The number of carbonyl (C=O) groups is 2. The van der Waals surface area contributed by atoms with Crippen LogP contribution in [-0.4, -0.2) is 52.7 Å². The second kappa shape index (κ2) is 15.2. The molecule has 0 atom stereocenters. The van der Waals surface area contributed by atoms with Gasteiger partial charge in [0.15, 0.2) is 11.6 Å². The summed E-state index contributed by atoms with van der Waals surface area (Å²) in [5, 5.41) is 9.67. The van der Waals surface area contributed by atoms with Crippen molar-refractivity contribution in [2.45, 2.75) is 53.9 Å². The lowest BCUT2D eigenvalue weighted by atomic mass is 9.89. The van der Waals surface area contributed by atoms with Gasteiger partial charge < -0.3 is 14.9 Å². The molecule has 1 aliphatic heterocycles. The first kappa shape index (κ1) is 27.4. The molecule has 1 aromatic carbocycles. The van der Waals surface area contributed by atoms with Crippen molar-refractivity contribution in [3.8, 4) is 0 Å². The number of ketones is 2. The summed E-state index contributed by atoms with van der Waals surface area (Å²) < 4.78 is 0. The van der Waals surface area contributed by atoms with Crippen LogP contribution in [0.4, 0.5) is 0 Å². The summed E-state index contributed by atoms with van der Waals surface area (Å²) in [6, 6.07) is 9.56. The van der Waals surface area contributed by atoms with Gasteiger partial charge in [0.05, 0.1) is 0 Å². The first-order valence-corrected chi connectivity index (χ1v) is 11.7. The van der Waals surface area contributed by atoms with Crippen LogP contribution in [0.1, 0.15) is 64.2 Å². The Balaban J connectivity index is 0.00000249. The highest BCUT2D eigenvalue weighted by molar-refractivity contribution is 5.97. The van der Waals surface area contributed by atoms with Crippen LogP contribution in [0.15, 0.2) is 66.2 Å². The van der Waals surface area contributed by atoms with Gasteiger partial charge in [0, 0.05) is 36.0 Å². The number of allylic oxidation sites excluding steroid dienone is 4. The highest BCUT2D eigenvalue weighted by Gasteiger charge is 2.25. The number of rotatable bonds is 10. The Kier molecular flexibility index (Phi) is 13.0. The van der Waals surface area contributed by atoms with Crippen molar-refractivity contribution in [2.24, 2.45) is 5.92 Å². The lowest BCUT2D eigenvalue weighted by Gasteiger charge is -2.31. The number of benzene rings is 1. The third kappa shape index (κ3) is 9.65. The van der Waals surface area contributed by atoms with Crippen LogP contribution in [0.2, 0.25) is 0 Å². The van der Waals surface area contributed by atoms with Gasteiger partial charge in [0.1, 0.15) is 5.76 Å². The molecule has 1 N–H and O–H groups in total. The molecule has 0 aliphatic carbocycles. The first-order valence-electron chi connectivity index (χ1n) is 11.7. The maximum absolute atomic E-state index is 12.6. The third-order valence-electron chi connectivity index (χ3n) is 5.32. The highest BCUT2D eigenvalue weighted by atomic mass is 16.3. The van der Waals surface area contributed by atoms with Crippen LogP contribution in [0, 0.1) is 5.92 Å². The van der Waals surface area contributed by atoms with Gasteiger partial charge in [-0.25, -0.2) is 0 Å². The SMILES string of the molecule is C/C=C/C(=C\N(/C=C(/C)O)CCCN1CCC(C(=O)c2ccccc2)CC1)C(C)=O.CC. The number of nitrogens with zero attached hydrogens (tertiary/aromatic N) is 2. The minimum Gasteiger partial charge on any atom is -0.511 e. The van der Waals surface area contributed by atoms with E-state index in [4.69, 9.17) is 0 Å². The molecule has 5 heteroatoms. The monoisotopic (exact) mass is 440 g/mol. The zero-order valence-corrected chi connectivity index (χ0v) is 20.4. The Morgan fingerprint density at radius 1 is 1.09 bits per heavy atom. The van der Waals surface area contributed by atoms with Crippen molar-refractivity contribution in [1.82, 2.24) is 9.80 Å². The van der Waals surface area contributed by atoms with Gasteiger partial charge in [-0.2, -0.15) is 0 Å². The minimum atomic E-state index is -0.00718. The fourth-order valence-electron chi connectivity index (χ4n) is 3.75. The van der Waals surface area contributed by atoms with E-state index in [9.17, 15) is 14.7 Å². The Labute approximate surface area is 194 Å². The number of hydrogen-bond acceptors (Lipinski definition) is 5. The maximum atomic E-state index is 12.6. The summed E-state index contributed by atoms with van der Waals surface area (Å²) in [4.78, 5) is 28.7. The van der Waals surface area contributed by atoms with Gasteiger partial charge >= 0.3 is 0 Å². The molecule has 32 heavy (non-hydrogen) atoms. The number of carbonyl (C=O) groups excluding carboxylic acids is 2. The van der Waals surface area contributed by atoms with E-state index >= 15 is 0 Å². The van der Waals surface area contributed by atoms with Crippen molar-refractivity contribution in [3.05, 3.63) is 71.8 Å². The van der Waals surface area contributed by atoms with Gasteiger partial charge in [-0.15, -0.1) is 0 Å². The summed E-state index contributed by atoms with van der Waals surface area (Å²) in [5.41, 5.74) is 1.42. The Morgan fingerprint density at radius 2 is 1.72 bits per heavy atom. The summed E-state index contributed by atoms with van der Waals surface area (Å²) in [6.45, 7) is 12.5. The molecule has 0 bridgehead atoms. The van der Waals surface area contributed by atoms with Crippen molar-refractivity contribution in [1.29, 1.82) is 0 Å². The number of aliphatic hydroxyl groups excluding tert-OH is 1. The quantitative estimate of drug-likeness (QED) is 0.217. The van der Waals surface area contributed by atoms with Crippen LogP contribution in [-0.2, 0) is 4.79 Å². The van der Waals surface area contributed by atoms with Gasteiger partial charge in [-0.1, -0.05) is 56.3 Å². The molecular weight excluding hydrogens is 400 g/mol. The second-order valence-corrected chi connectivity index (χ2v) is 7.85. The molecule has 176 valence electrons. The summed E-state index contributed by atoms with van der Waals surface area (Å²) in [7, 11) is 0. The van der Waals surface area contributed by atoms with Crippen molar-refractivity contribution in [2.75, 3.05) is 26.2 Å². The molecule has 0 aromatic heterocycles. The average molecular weight is 441 g/mol. The number of piperidine rings is 1. The van der Waals surface area contributed by atoms with E-state index in [1.165, 1.54) is 0 Å². The molecule has 1 heterocycles. The molecule has 0 unspecified atom stereocenters. The number of hydrogen-bond donors (Lipinski definition) is 1. The van der Waals surface area contributed by atoms with E-state index in [2.05, 4.69) is 4.90 Å².